The van der Waals surface area contributed by atoms with Crippen molar-refractivity contribution < 1.29 is 4.74 Å². The molecule has 0 saturated carbocycles. The Hall–Kier alpha value is -3.40. The zero-order valence-corrected chi connectivity index (χ0v) is 19.3. The molecule has 0 aliphatic heterocycles. The molecule has 0 fully saturated rings. The number of rotatable bonds is 7. The van der Waals surface area contributed by atoms with Crippen LogP contribution in [0.1, 0.15) is 50.2 Å². The molecule has 1 unspecified atom stereocenters. The average Bonchev–Trinajstić information content (AvgIpc) is 3.40. The van der Waals surface area contributed by atoms with Crippen LogP contribution in [0.2, 0.25) is 0 Å². The smallest absolute Gasteiger partial charge is 0.210 e. The zero-order chi connectivity index (χ0) is 22.7. The van der Waals surface area contributed by atoms with Crippen LogP contribution in [0.3, 0.4) is 0 Å². The number of nitrogens with two attached hydrogens (primary N) is 1. The lowest BCUT2D eigenvalue weighted by molar-refractivity contribution is 0.291. The monoisotopic (exact) mass is 450 g/mol. The van der Waals surface area contributed by atoms with Crippen LogP contribution in [0.15, 0.2) is 59.8 Å². The number of nitrogen functional groups attached to an aromatic ring is 1. The van der Waals surface area contributed by atoms with E-state index in [9.17, 15) is 0 Å². The molecule has 0 aliphatic rings. The molecule has 4 rings (SSSR count). The van der Waals surface area contributed by atoms with Gasteiger partial charge in [-0.05, 0) is 52.6 Å². The highest BCUT2D eigenvalue weighted by Gasteiger charge is 2.21. The average molecular weight is 451 g/mol. The van der Waals surface area contributed by atoms with Gasteiger partial charge in [0.05, 0.1) is 10.9 Å². The maximum Gasteiger partial charge on any atom is 0.210 e. The van der Waals surface area contributed by atoms with Crippen molar-refractivity contribution in [2.45, 2.75) is 50.1 Å². The van der Waals surface area contributed by atoms with Gasteiger partial charge < -0.3 is 10.6 Å². The molecule has 0 saturated heterocycles. The van der Waals surface area contributed by atoms with Gasteiger partial charge in [0.1, 0.15) is 12.4 Å². The fourth-order valence-corrected chi connectivity index (χ4v) is 3.97. The van der Waals surface area contributed by atoms with Crippen LogP contribution < -0.4 is 10.6 Å². The summed E-state index contributed by atoms with van der Waals surface area (Å²) < 4.78 is 9.01. The van der Waals surface area contributed by atoms with E-state index < -0.39 is 0 Å². The van der Waals surface area contributed by atoms with E-state index in [-0.39, 0.29) is 17.3 Å². The molecule has 2 aromatic heterocycles. The standard InChI is InChI=1S/C22H26N8OS/c1-15(20-25-27-28-30(20)17-8-6-5-7-9-17)32-21-26-24-19(29(21)23)14-31-18-12-10-16(11-13-18)22(2,3)4/h5-13,15H,14,23H2,1-4H3. The molecule has 10 heteroatoms. The number of ether oxygens (including phenoxy) is 1. The normalized spacial score (nSPS) is 12.6. The van der Waals surface area contributed by atoms with Crippen molar-refractivity contribution in [3.8, 4) is 11.4 Å². The third-order valence-corrected chi connectivity index (χ3v) is 6.02. The van der Waals surface area contributed by atoms with Crippen LogP contribution in [-0.4, -0.2) is 35.1 Å². The van der Waals surface area contributed by atoms with E-state index in [2.05, 4.69) is 58.6 Å². The number of hydrogen-bond donors (Lipinski definition) is 1. The van der Waals surface area contributed by atoms with Crippen molar-refractivity contribution >= 4 is 11.8 Å². The first-order valence-corrected chi connectivity index (χ1v) is 11.1. The van der Waals surface area contributed by atoms with Crippen LogP contribution in [-0.2, 0) is 12.0 Å². The number of para-hydroxylation sites is 1. The summed E-state index contributed by atoms with van der Waals surface area (Å²) in [6.45, 7) is 8.75. The van der Waals surface area contributed by atoms with Gasteiger partial charge in [0.25, 0.3) is 0 Å². The minimum Gasteiger partial charge on any atom is -0.486 e. The summed E-state index contributed by atoms with van der Waals surface area (Å²) in [5, 5.41) is 21.0. The van der Waals surface area contributed by atoms with Crippen molar-refractivity contribution in [2.75, 3.05) is 5.84 Å². The number of aromatic nitrogens is 7. The van der Waals surface area contributed by atoms with Gasteiger partial charge >= 0.3 is 0 Å². The first kappa shape index (κ1) is 21.8. The Morgan fingerprint density at radius 1 is 1.00 bits per heavy atom. The Kier molecular flexibility index (Phi) is 6.13. The van der Waals surface area contributed by atoms with Gasteiger partial charge in [-0.3, -0.25) is 0 Å². The molecule has 2 N–H and O–H groups in total. The minimum absolute atomic E-state index is 0.0963. The molecule has 4 aromatic rings. The topological polar surface area (TPSA) is 110 Å². The van der Waals surface area contributed by atoms with Crippen molar-refractivity contribution in [3.63, 3.8) is 0 Å². The van der Waals surface area contributed by atoms with E-state index in [4.69, 9.17) is 10.6 Å². The highest BCUT2D eigenvalue weighted by molar-refractivity contribution is 7.99. The first-order chi connectivity index (χ1) is 15.3. The van der Waals surface area contributed by atoms with E-state index in [1.54, 1.807) is 4.68 Å². The van der Waals surface area contributed by atoms with Gasteiger partial charge in [0.2, 0.25) is 5.16 Å². The summed E-state index contributed by atoms with van der Waals surface area (Å²) in [7, 11) is 0. The van der Waals surface area contributed by atoms with Crippen LogP contribution >= 0.6 is 11.8 Å². The van der Waals surface area contributed by atoms with Gasteiger partial charge in [0.15, 0.2) is 11.6 Å². The minimum atomic E-state index is -0.101. The molecule has 0 spiro atoms. The number of thioether (sulfide) groups is 1. The van der Waals surface area contributed by atoms with E-state index in [0.717, 1.165) is 11.4 Å². The Balaban J connectivity index is 1.42. The quantitative estimate of drug-likeness (QED) is 0.335. The molecular formula is C22H26N8OS. The summed E-state index contributed by atoms with van der Waals surface area (Å²) in [5.41, 5.74) is 2.23. The van der Waals surface area contributed by atoms with E-state index in [1.165, 1.54) is 22.0 Å². The van der Waals surface area contributed by atoms with Crippen molar-refractivity contribution in [1.29, 1.82) is 0 Å². The molecular weight excluding hydrogens is 424 g/mol. The SMILES string of the molecule is CC(Sc1nnc(COc2ccc(C(C)(C)C)cc2)n1N)c1nnnn1-c1ccccc1. The second kappa shape index (κ2) is 8.99. The van der Waals surface area contributed by atoms with Crippen LogP contribution in [0.5, 0.6) is 5.75 Å². The second-order valence-corrected chi connectivity index (χ2v) is 9.68. The van der Waals surface area contributed by atoms with Crippen molar-refractivity contribution in [2.24, 2.45) is 0 Å². The maximum absolute atomic E-state index is 6.23. The predicted molar refractivity (Wildman–Crippen MR) is 123 cm³/mol. The second-order valence-electron chi connectivity index (χ2n) is 8.38. The number of benzene rings is 2. The molecule has 0 amide bonds. The van der Waals surface area contributed by atoms with E-state index >= 15 is 0 Å². The molecule has 0 bridgehead atoms. The maximum atomic E-state index is 6.23. The molecule has 1 atom stereocenters. The largest absolute Gasteiger partial charge is 0.486 e. The first-order valence-electron chi connectivity index (χ1n) is 10.3. The Morgan fingerprint density at radius 2 is 1.72 bits per heavy atom. The molecule has 0 aliphatic carbocycles. The van der Waals surface area contributed by atoms with Gasteiger partial charge in [-0.2, -0.15) is 4.68 Å². The fourth-order valence-electron chi connectivity index (χ4n) is 3.10. The van der Waals surface area contributed by atoms with Gasteiger partial charge in [-0.15, -0.1) is 15.3 Å². The molecule has 32 heavy (non-hydrogen) atoms. The Bertz CT molecular complexity index is 1160. The summed E-state index contributed by atoms with van der Waals surface area (Å²) >= 11 is 1.43. The third kappa shape index (κ3) is 4.75. The lowest BCUT2D eigenvalue weighted by Crippen LogP contribution is -2.16. The lowest BCUT2D eigenvalue weighted by atomic mass is 9.87. The molecule has 9 nitrogen and oxygen atoms in total. The highest BCUT2D eigenvalue weighted by Crippen LogP contribution is 2.33. The number of nitrogens with zero attached hydrogens (tertiary/aromatic N) is 7. The summed E-state index contributed by atoms with van der Waals surface area (Å²) in [6.07, 6.45) is 0. The van der Waals surface area contributed by atoms with Crippen LogP contribution in [0.25, 0.3) is 5.69 Å². The van der Waals surface area contributed by atoms with Gasteiger partial charge in [0, 0.05) is 0 Å². The fraction of sp³-hybridized carbons (Fsp3) is 0.318. The molecule has 2 heterocycles. The molecule has 166 valence electrons. The van der Waals surface area contributed by atoms with Gasteiger partial charge in [-0.1, -0.05) is 62.9 Å². The van der Waals surface area contributed by atoms with Crippen molar-refractivity contribution in [3.05, 3.63) is 71.8 Å². The van der Waals surface area contributed by atoms with Crippen LogP contribution in [0, 0.1) is 0 Å². The van der Waals surface area contributed by atoms with Crippen molar-refractivity contribution in [1.82, 2.24) is 35.1 Å². The molecule has 2 aromatic carbocycles. The van der Waals surface area contributed by atoms with E-state index in [0.29, 0.717) is 16.8 Å². The number of hydrogen-bond acceptors (Lipinski definition) is 8. The van der Waals surface area contributed by atoms with Gasteiger partial charge in [-0.25, -0.2) is 4.68 Å². The lowest BCUT2D eigenvalue weighted by Gasteiger charge is -2.19. The predicted octanol–water partition coefficient (Wildman–Crippen LogP) is 3.70. The zero-order valence-electron chi connectivity index (χ0n) is 18.5. The van der Waals surface area contributed by atoms with Crippen LogP contribution in [0.4, 0.5) is 0 Å². The Labute approximate surface area is 191 Å². The summed E-state index contributed by atoms with van der Waals surface area (Å²) in [4.78, 5) is 0. The molecule has 0 radical (unpaired) electrons. The van der Waals surface area contributed by atoms with E-state index in [1.807, 2.05) is 49.4 Å². The Morgan fingerprint density at radius 3 is 2.41 bits per heavy atom. The summed E-state index contributed by atoms with van der Waals surface area (Å²) in [6, 6.07) is 17.8. The third-order valence-electron chi connectivity index (χ3n) is 4.96. The summed E-state index contributed by atoms with van der Waals surface area (Å²) in [5.74, 6) is 8.21. The highest BCUT2D eigenvalue weighted by atomic mass is 32.2. The number of tetrazole rings is 1.